The van der Waals surface area contributed by atoms with Gasteiger partial charge in [0, 0.05) is 33.0 Å². The molecule has 422 valence electrons. The third kappa shape index (κ3) is 14.6. The molecule has 0 atom stereocenters. The Hall–Kier alpha value is -7.03. The van der Waals surface area contributed by atoms with E-state index in [0.29, 0.717) is 95.1 Å². The number of esters is 1. The maximum atomic E-state index is 13.9. The number of aliphatic carboxylic acids is 2. The number of hydrogen-bond donors (Lipinski definition) is 5. The highest BCUT2D eigenvalue weighted by molar-refractivity contribution is 7.92. The second-order valence-corrected chi connectivity index (χ2v) is 24.1. The lowest BCUT2D eigenvalue weighted by molar-refractivity contribution is -0.140. The Labute approximate surface area is 462 Å². The summed E-state index contributed by atoms with van der Waals surface area (Å²) in [5.41, 5.74) is 2.16. The largest absolute Gasteiger partial charge is 0.480 e. The number of alkyl halides is 3. The van der Waals surface area contributed by atoms with Crippen LogP contribution in [0.15, 0.2) is 103 Å². The summed E-state index contributed by atoms with van der Waals surface area (Å²) in [6.45, 7) is 4.42. The summed E-state index contributed by atoms with van der Waals surface area (Å²) in [5.74, 6) is -5.36. The van der Waals surface area contributed by atoms with Crippen molar-refractivity contribution < 1.29 is 78.7 Å². The lowest BCUT2D eigenvalue weighted by Gasteiger charge is -2.36. The molecule has 2 saturated heterocycles. The number of nitrogens with zero attached hydrogens (tertiary/aromatic N) is 2. The Morgan fingerprint density at radius 2 is 1.06 bits per heavy atom. The molecule has 4 heterocycles. The predicted molar refractivity (Wildman–Crippen MR) is 293 cm³/mol. The van der Waals surface area contributed by atoms with Gasteiger partial charge in [0.1, 0.15) is 11.5 Å². The molecule has 0 radical (unpaired) electrons. The van der Waals surface area contributed by atoms with E-state index >= 15 is 0 Å². The van der Waals surface area contributed by atoms with E-state index in [1.807, 2.05) is 18.2 Å². The Kier molecular flexibility index (Phi) is 19.5. The molecule has 18 nitrogen and oxygen atoms in total. The smallest absolute Gasteiger partial charge is 0.416 e. The van der Waals surface area contributed by atoms with Crippen molar-refractivity contribution in [1.29, 1.82) is 0 Å². The normalized spacial score (nSPS) is 14.4. The zero-order valence-electron chi connectivity index (χ0n) is 42.9. The quantitative estimate of drug-likeness (QED) is 0.0447. The van der Waals surface area contributed by atoms with Crippen LogP contribution in [-0.4, -0.2) is 115 Å². The number of ether oxygens (including phenoxy) is 3. The summed E-state index contributed by atoms with van der Waals surface area (Å²) in [4.78, 5) is 47.4. The molecule has 2 aliphatic rings. The molecular weight excluding hydrogens is 1110 g/mol. The van der Waals surface area contributed by atoms with Crippen molar-refractivity contribution in [3.8, 4) is 32.4 Å². The Morgan fingerprint density at radius 3 is 1.52 bits per heavy atom. The molecule has 2 aromatic heterocycles. The lowest BCUT2D eigenvalue weighted by Crippen LogP contribution is -2.46. The number of aromatic carboxylic acids is 1. The summed E-state index contributed by atoms with van der Waals surface area (Å²) in [7, 11) is -6.88. The van der Waals surface area contributed by atoms with Crippen LogP contribution in [0.3, 0.4) is 0 Å². The van der Waals surface area contributed by atoms with Gasteiger partial charge >= 0.3 is 30.1 Å². The number of benzene rings is 4. The summed E-state index contributed by atoms with van der Waals surface area (Å²) < 4.78 is 115. The first-order chi connectivity index (χ1) is 37.5. The van der Waals surface area contributed by atoms with Gasteiger partial charge in [0.05, 0.1) is 35.6 Å². The van der Waals surface area contributed by atoms with E-state index in [0.717, 1.165) is 28.7 Å². The van der Waals surface area contributed by atoms with Crippen LogP contribution < -0.4 is 28.7 Å². The van der Waals surface area contributed by atoms with Gasteiger partial charge in [-0.1, -0.05) is 72.8 Å². The maximum absolute atomic E-state index is 13.9. The van der Waals surface area contributed by atoms with Crippen LogP contribution in [0.4, 0.5) is 24.5 Å². The van der Waals surface area contributed by atoms with Crippen molar-refractivity contribution in [2.45, 2.75) is 69.3 Å². The van der Waals surface area contributed by atoms with E-state index in [2.05, 4.69) is 10.6 Å². The van der Waals surface area contributed by atoms with Gasteiger partial charge in [0.2, 0.25) is 20.0 Å². The maximum Gasteiger partial charge on any atom is 0.416 e. The molecule has 0 unspecified atom stereocenters. The van der Waals surface area contributed by atoms with E-state index in [1.54, 1.807) is 74.5 Å². The van der Waals surface area contributed by atoms with Crippen LogP contribution in [0.25, 0.3) is 20.9 Å². The number of methoxy groups -OCH3 is 1. The number of carboxylic acid groups (broad SMARTS) is 3. The van der Waals surface area contributed by atoms with E-state index in [9.17, 15) is 54.3 Å². The van der Waals surface area contributed by atoms with Crippen LogP contribution in [0.1, 0.15) is 72.8 Å². The highest BCUT2D eigenvalue weighted by atomic mass is 32.2. The summed E-state index contributed by atoms with van der Waals surface area (Å²) in [5, 5.41) is 34.2. The van der Waals surface area contributed by atoms with E-state index in [-0.39, 0.29) is 44.3 Å². The average Bonchev–Trinajstić information content (AvgIpc) is 3.97. The summed E-state index contributed by atoms with van der Waals surface area (Å²) in [6.07, 6.45) is -2.51. The zero-order valence-corrected chi connectivity index (χ0v) is 46.2. The van der Waals surface area contributed by atoms with Gasteiger partial charge in [0.25, 0.3) is 0 Å². The van der Waals surface area contributed by atoms with E-state index in [4.69, 9.17) is 24.4 Å². The molecule has 6 aromatic rings. The van der Waals surface area contributed by atoms with Crippen molar-refractivity contribution in [3.63, 3.8) is 0 Å². The number of sulfonamides is 2. The SMILES string of the molecule is COC(=O)c1sc(-c2cccc(N(C3CCNCC3)S(=O)(=O)Cc3ccccc3C(F)(F)F)c2)c(C)c1OCC(=O)O.Cc1c(-c2cccc(N(C3CCNCC3)S(=O)(=O)Cc3ccccc3)c2)sc(C(=O)O)c1OCC(=O)O. The lowest BCUT2D eigenvalue weighted by atomic mass is 10.0. The molecule has 0 bridgehead atoms. The van der Waals surface area contributed by atoms with Gasteiger partial charge in [-0.25, -0.2) is 36.0 Å². The van der Waals surface area contributed by atoms with Gasteiger partial charge in [-0.15, -0.1) is 22.7 Å². The van der Waals surface area contributed by atoms with Crippen LogP contribution in [0.5, 0.6) is 11.5 Å². The minimum Gasteiger partial charge on any atom is -0.480 e. The monoisotopic (exact) mass is 1170 g/mol. The molecule has 2 fully saturated rings. The minimum atomic E-state index is -4.72. The number of thiophene rings is 2. The van der Waals surface area contributed by atoms with Crippen molar-refractivity contribution in [2.75, 3.05) is 55.1 Å². The third-order valence-corrected chi connectivity index (χ3v) is 19.1. The van der Waals surface area contributed by atoms with Crippen LogP contribution in [-0.2, 0) is 52.1 Å². The first-order valence-electron chi connectivity index (χ1n) is 24.6. The van der Waals surface area contributed by atoms with Crippen LogP contribution >= 0.6 is 22.7 Å². The molecular formula is C54H57F3N4O14S4. The summed E-state index contributed by atoms with van der Waals surface area (Å²) in [6, 6.07) is 26.4. The van der Waals surface area contributed by atoms with Crippen molar-refractivity contribution in [3.05, 3.63) is 141 Å². The fourth-order valence-corrected chi connectivity index (χ4v) is 15.4. The number of carboxylic acids is 3. The molecule has 0 spiro atoms. The van der Waals surface area contributed by atoms with Crippen LogP contribution in [0.2, 0.25) is 0 Å². The fraction of sp³-hybridized carbons (Fsp3) is 0.333. The van der Waals surface area contributed by atoms with E-state index in [1.165, 1.54) is 33.9 Å². The first-order valence-corrected chi connectivity index (χ1v) is 29.5. The number of halogens is 3. The van der Waals surface area contributed by atoms with Gasteiger partial charge in [-0.2, -0.15) is 13.2 Å². The fourth-order valence-electron chi connectivity index (χ4n) is 9.42. The van der Waals surface area contributed by atoms with Gasteiger partial charge in [-0.05, 0) is 118 Å². The average molecular weight is 1170 g/mol. The molecule has 5 N–H and O–H groups in total. The zero-order chi connectivity index (χ0) is 57.2. The van der Waals surface area contributed by atoms with Crippen molar-refractivity contribution >= 4 is 78.0 Å². The molecule has 25 heteroatoms. The summed E-state index contributed by atoms with van der Waals surface area (Å²) >= 11 is 1.97. The number of anilines is 2. The second kappa shape index (κ2) is 25.8. The standard InChI is InChI=1S/C28H29F3N2O7S2.C26H28N2O7S2/c1-17-24(40-15-23(34)35)26(27(36)39-2)41-25(17)18-7-5-8-21(14-18)33(20-10-12-32-13-11-20)42(37,38)16-19-6-3-4-9-22(19)28(29,30)31;1-17-23(35-15-22(29)30)25(26(31)32)36-24(17)19-8-5-9-21(14-19)28(20-10-12-27-13-11-20)37(33,34)16-18-6-3-2-4-7-18/h3-9,14,20,32H,10-13,15-16H2,1-2H3,(H,34,35);2-9,14,20,27H,10-13,15-16H2,1H3,(H,29,30)(H,31,32). The van der Waals surface area contributed by atoms with Gasteiger partial charge in [0.15, 0.2) is 23.0 Å². The number of rotatable bonds is 20. The van der Waals surface area contributed by atoms with Gasteiger partial charge in [-0.3, -0.25) is 8.61 Å². The Balaban J connectivity index is 0.000000230. The predicted octanol–water partition coefficient (Wildman–Crippen LogP) is 9.05. The molecule has 8 rings (SSSR count). The van der Waals surface area contributed by atoms with Crippen molar-refractivity contribution in [2.24, 2.45) is 0 Å². The highest BCUT2D eigenvalue weighted by Gasteiger charge is 2.38. The topological polar surface area (TPSA) is 255 Å². The number of hydrogen-bond acceptors (Lipinski definition) is 15. The van der Waals surface area contributed by atoms with Crippen LogP contribution in [0, 0.1) is 13.8 Å². The second-order valence-electron chi connectivity index (χ2n) is 18.4. The molecule has 0 aliphatic carbocycles. The van der Waals surface area contributed by atoms with Gasteiger partial charge < -0.3 is 40.2 Å². The highest BCUT2D eigenvalue weighted by Crippen LogP contribution is 2.45. The molecule has 0 saturated carbocycles. The molecule has 4 aromatic carbocycles. The number of piperidine rings is 2. The minimum absolute atomic E-state index is 0.00668. The molecule has 0 amide bonds. The Morgan fingerprint density at radius 1 is 0.620 bits per heavy atom. The number of carbonyl (C=O) groups excluding carboxylic acids is 1. The first kappa shape index (κ1) is 59.6. The molecule has 2 aliphatic heterocycles. The van der Waals surface area contributed by atoms with E-state index < -0.39 is 80.7 Å². The van der Waals surface area contributed by atoms with Crippen molar-refractivity contribution in [1.82, 2.24) is 10.6 Å². The molecule has 79 heavy (non-hydrogen) atoms. The number of nitrogens with one attached hydrogen (secondary N) is 2. The Bertz CT molecular complexity index is 3400. The number of carbonyl (C=O) groups is 4. The third-order valence-electron chi connectivity index (χ3n) is 12.9.